The summed E-state index contributed by atoms with van der Waals surface area (Å²) in [6.07, 6.45) is 0.477. The van der Waals surface area contributed by atoms with Crippen LogP contribution in [0.3, 0.4) is 0 Å². The molecule has 1 aromatic carbocycles. The first kappa shape index (κ1) is 9.83. The number of benzene rings is 1. The maximum atomic E-state index is 9.13. The fraction of sp³-hybridized carbons (Fsp3) is 0.333. The van der Waals surface area contributed by atoms with Crippen LogP contribution < -0.4 is 5.73 Å². The van der Waals surface area contributed by atoms with E-state index in [2.05, 4.69) is 0 Å². The van der Waals surface area contributed by atoms with Gasteiger partial charge in [-0.15, -0.1) is 0 Å². The number of aromatic hydroxyl groups is 2. The van der Waals surface area contributed by atoms with Crippen LogP contribution in [0.5, 0.6) is 11.5 Å². The minimum atomic E-state index is -0.330. The topological polar surface area (TPSA) is 86.7 Å². The lowest BCUT2D eigenvalue weighted by molar-refractivity contribution is 0.265. The van der Waals surface area contributed by atoms with Crippen molar-refractivity contribution in [3.63, 3.8) is 0 Å². The van der Waals surface area contributed by atoms with Crippen LogP contribution >= 0.6 is 0 Å². The van der Waals surface area contributed by atoms with Gasteiger partial charge in [-0.25, -0.2) is 0 Å². The van der Waals surface area contributed by atoms with Crippen LogP contribution in [0.1, 0.15) is 5.56 Å². The summed E-state index contributed by atoms with van der Waals surface area (Å²) >= 11 is 0. The monoisotopic (exact) mass is 183 g/mol. The third-order valence-electron chi connectivity index (χ3n) is 1.77. The van der Waals surface area contributed by atoms with Gasteiger partial charge in [-0.1, -0.05) is 6.07 Å². The first-order valence-electron chi connectivity index (χ1n) is 4.00. The van der Waals surface area contributed by atoms with Gasteiger partial charge >= 0.3 is 0 Å². The number of hydrogen-bond acceptors (Lipinski definition) is 4. The quantitative estimate of drug-likeness (QED) is 0.495. The zero-order valence-corrected chi connectivity index (χ0v) is 7.14. The Balaban J connectivity index is 2.73. The molecule has 0 saturated heterocycles. The highest BCUT2D eigenvalue weighted by atomic mass is 16.3. The van der Waals surface area contributed by atoms with E-state index in [4.69, 9.17) is 21.1 Å². The van der Waals surface area contributed by atoms with E-state index in [-0.39, 0.29) is 24.1 Å². The van der Waals surface area contributed by atoms with Crippen molar-refractivity contribution < 1.29 is 15.3 Å². The molecule has 0 saturated carbocycles. The molecule has 0 heterocycles. The van der Waals surface area contributed by atoms with Crippen LogP contribution in [0, 0.1) is 0 Å². The minimum Gasteiger partial charge on any atom is -0.504 e. The highest BCUT2D eigenvalue weighted by Gasteiger charge is 2.04. The van der Waals surface area contributed by atoms with E-state index < -0.39 is 0 Å². The molecule has 0 aliphatic carbocycles. The summed E-state index contributed by atoms with van der Waals surface area (Å²) in [6, 6.07) is 4.16. The molecule has 72 valence electrons. The molecule has 4 heteroatoms. The van der Waals surface area contributed by atoms with Crippen LogP contribution in [0.15, 0.2) is 18.2 Å². The smallest absolute Gasteiger partial charge is 0.157 e. The molecule has 0 fully saturated rings. The Morgan fingerprint density at radius 1 is 1.23 bits per heavy atom. The second-order valence-electron chi connectivity index (χ2n) is 2.97. The molecule has 4 nitrogen and oxygen atoms in total. The lowest BCUT2D eigenvalue weighted by atomic mass is 10.1. The fourth-order valence-electron chi connectivity index (χ4n) is 1.06. The second-order valence-corrected chi connectivity index (χ2v) is 2.97. The molecule has 0 spiro atoms. The highest BCUT2D eigenvalue weighted by Crippen LogP contribution is 2.25. The number of aliphatic hydroxyl groups excluding tert-OH is 1. The van der Waals surface area contributed by atoms with Crippen molar-refractivity contribution in [1.29, 1.82) is 0 Å². The summed E-state index contributed by atoms with van der Waals surface area (Å²) in [5.74, 6) is -0.316. The fourth-order valence-corrected chi connectivity index (χ4v) is 1.06. The molecule has 0 aliphatic heterocycles. The van der Waals surface area contributed by atoms with Crippen LogP contribution in [-0.4, -0.2) is 28.0 Å². The maximum absolute atomic E-state index is 9.13. The van der Waals surface area contributed by atoms with Gasteiger partial charge in [-0.05, 0) is 24.1 Å². The van der Waals surface area contributed by atoms with Crippen LogP contribution in [0.2, 0.25) is 0 Å². The Bertz CT molecular complexity index is 288. The van der Waals surface area contributed by atoms with Crippen LogP contribution in [-0.2, 0) is 6.42 Å². The summed E-state index contributed by atoms with van der Waals surface area (Å²) in [5.41, 5.74) is 6.29. The molecule has 0 radical (unpaired) electrons. The molecular weight excluding hydrogens is 170 g/mol. The third kappa shape index (κ3) is 2.61. The first-order chi connectivity index (χ1) is 6.13. The number of hydrogen-bond donors (Lipinski definition) is 4. The van der Waals surface area contributed by atoms with Crippen molar-refractivity contribution in [1.82, 2.24) is 0 Å². The van der Waals surface area contributed by atoms with Crippen molar-refractivity contribution in [2.24, 2.45) is 5.73 Å². The maximum Gasteiger partial charge on any atom is 0.157 e. The number of aliphatic hydroxyl groups is 1. The Labute approximate surface area is 76.2 Å². The highest BCUT2D eigenvalue weighted by molar-refractivity contribution is 5.40. The van der Waals surface area contributed by atoms with Gasteiger partial charge in [0, 0.05) is 6.04 Å². The number of rotatable bonds is 3. The summed E-state index contributed by atoms with van der Waals surface area (Å²) in [5, 5.41) is 26.8. The largest absolute Gasteiger partial charge is 0.504 e. The Morgan fingerprint density at radius 2 is 1.92 bits per heavy atom. The van der Waals surface area contributed by atoms with Gasteiger partial charge in [-0.2, -0.15) is 0 Å². The van der Waals surface area contributed by atoms with Crippen LogP contribution in [0.4, 0.5) is 0 Å². The van der Waals surface area contributed by atoms with Gasteiger partial charge in [0.05, 0.1) is 6.61 Å². The third-order valence-corrected chi connectivity index (χ3v) is 1.77. The molecule has 1 atom stereocenters. The SMILES string of the molecule is N[C@@H](CO)Cc1ccc(O)c(O)c1. The number of phenols is 2. The molecule has 13 heavy (non-hydrogen) atoms. The van der Waals surface area contributed by atoms with E-state index in [1.807, 2.05) is 0 Å². The average molecular weight is 183 g/mol. The molecule has 5 N–H and O–H groups in total. The van der Waals surface area contributed by atoms with E-state index in [9.17, 15) is 0 Å². The summed E-state index contributed by atoms with van der Waals surface area (Å²) in [4.78, 5) is 0. The van der Waals surface area contributed by atoms with E-state index in [1.54, 1.807) is 6.07 Å². The van der Waals surface area contributed by atoms with Crippen LogP contribution in [0.25, 0.3) is 0 Å². The summed E-state index contributed by atoms with van der Waals surface area (Å²) < 4.78 is 0. The summed E-state index contributed by atoms with van der Waals surface area (Å²) in [7, 11) is 0. The Kier molecular flexibility index (Phi) is 3.11. The summed E-state index contributed by atoms with van der Waals surface area (Å²) in [6.45, 7) is -0.0956. The Hall–Kier alpha value is -1.26. The van der Waals surface area contributed by atoms with Gasteiger partial charge in [0.1, 0.15) is 0 Å². The molecule has 0 unspecified atom stereocenters. The Morgan fingerprint density at radius 3 is 2.46 bits per heavy atom. The van der Waals surface area contributed by atoms with Gasteiger partial charge in [0.25, 0.3) is 0 Å². The van der Waals surface area contributed by atoms with Crippen molar-refractivity contribution in [3.05, 3.63) is 23.8 Å². The molecule has 1 rings (SSSR count). The van der Waals surface area contributed by atoms with Gasteiger partial charge in [0.2, 0.25) is 0 Å². The zero-order valence-electron chi connectivity index (χ0n) is 7.14. The number of nitrogens with two attached hydrogens (primary N) is 1. The van der Waals surface area contributed by atoms with E-state index in [0.29, 0.717) is 6.42 Å². The lowest BCUT2D eigenvalue weighted by Crippen LogP contribution is -2.26. The molecule has 0 aliphatic rings. The lowest BCUT2D eigenvalue weighted by Gasteiger charge is -2.08. The van der Waals surface area contributed by atoms with Crippen molar-refractivity contribution >= 4 is 0 Å². The predicted molar refractivity (Wildman–Crippen MR) is 48.5 cm³/mol. The van der Waals surface area contributed by atoms with Crippen molar-refractivity contribution in [2.45, 2.75) is 12.5 Å². The van der Waals surface area contributed by atoms with Gasteiger partial charge in [0.15, 0.2) is 11.5 Å². The van der Waals surface area contributed by atoms with Crippen molar-refractivity contribution in [2.75, 3.05) is 6.61 Å². The zero-order chi connectivity index (χ0) is 9.84. The van der Waals surface area contributed by atoms with E-state index in [1.165, 1.54) is 12.1 Å². The molecule has 0 aromatic heterocycles. The second kappa shape index (κ2) is 4.11. The predicted octanol–water partition coefficient (Wildman–Crippen LogP) is -0.0401. The molecule has 1 aromatic rings. The van der Waals surface area contributed by atoms with Gasteiger partial charge < -0.3 is 21.1 Å². The van der Waals surface area contributed by atoms with E-state index in [0.717, 1.165) is 5.56 Å². The minimum absolute atomic E-state index is 0.0956. The molecular formula is C9H13NO3. The normalized spacial score (nSPS) is 12.8. The number of phenolic OH excluding ortho intramolecular Hbond substituents is 2. The van der Waals surface area contributed by atoms with E-state index >= 15 is 0 Å². The average Bonchev–Trinajstić information content (AvgIpc) is 2.11. The standard InChI is InChI=1S/C9H13NO3/c10-7(5-11)3-6-1-2-8(12)9(13)4-6/h1-2,4,7,11-13H,3,5,10H2/t7-/m1/s1. The first-order valence-corrected chi connectivity index (χ1v) is 4.00. The molecule has 0 amide bonds. The van der Waals surface area contributed by atoms with Crippen molar-refractivity contribution in [3.8, 4) is 11.5 Å². The van der Waals surface area contributed by atoms with Gasteiger partial charge in [-0.3, -0.25) is 0 Å². The molecule has 0 bridgehead atoms.